The molecule has 0 radical (unpaired) electrons. The van der Waals surface area contributed by atoms with E-state index in [1.54, 1.807) is 0 Å². The van der Waals surface area contributed by atoms with Crippen molar-refractivity contribution in [3.8, 4) is 0 Å². The molecule has 14 heavy (non-hydrogen) atoms. The third kappa shape index (κ3) is 2.34. The Labute approximate surface area is 83.3 Å². The van der Waals surface area contributed by atoms with Crippen LogP contribution in [0.4, 0.5) is 0 Å². The molecule has 4 nitrogen and oxygen atoms in total. The Hall–Kier alpha value is -1.32. The molecule has 0 aromatic carbocycles. The molecule has 1 aromatic rings. The lowest BCUT2D eigenvalue weighted by atomic mass is 10.0. The van der Waals surface area contributed by atoms with Crippen molar-refractivity contribution in [2.24, 2.45) is 0 Å². The number of carboxylic acid groups (broad SMARTS) is 1. The predicted octanol–water partition coefficient (Wildman–Crippen LogP) is 1.86. The largest absolute Gasteiger partial charge is 0.481 e. The van der Waals surface area contributed by atoms with Gasteiger partial charge in [-0.3, -0.25) is 9.89 Å². The van der Waals surface area contributed by atoms with Crippen molar-refractivity contribution in [3.63, 3.8) is 0 Å². The Morgan fingerprint density at radius 2 is 2.21 bits per heavy atom. The fourth-order valence-corrected chi connectivity index (χ4v) is 1.50. The summed E-state index contributed by atoms with van der Waals surface area (Å²) in [5.41, 5.74) is 3.03. The standard InChI is InChI=1S/C10H16N2O2/c1-6(2)10-8(4-5-9(13)14)7(3)11-12-10/h6H,4-5H2,1-3H3,(H,11,12)(H,13,14). The van der Waals surface area contributed by atoms with Crippen molar-refractivity contribution in [2.75, 3.05) is 0 Å². The van der Waals surface area contributed by atoms with Crippen LogP contribution in [0.3, 0.4) is 0 Å². The second kappa shape index (κ2) is 4.26. The average Bonchev–Trinajstić information content (AvgIpc) is 2.43. The maximum Gasteiger partial charge on any atom is 0.303 e. The van der Waals surface area contributed by atoms with Crippen molar-refractivity contribution in [1.82, 2.24) is 10.2 Å². The second-order valence-electron chi connectivity index (χ2n) is 3.76. The van der Waals surface area contributed by atoms with Gasteiger partial charge in [0.1, 0.15) is 0 Å². The monoisotopic (exact) mass is 196 g/mol. The van der Waals surface area contributed by atoms with Crippen LogP contribution < -0.4 is 0 Å². The minimum atomic E-state index is -0.764. The molecule has 0 aliphatic rings. The number of aromatic nitrogens is 2. The van der Waals surface area contributed by atoms with Gasteiger partial charge < -0.3 is 5.11 Å². The van der Waals surface area contributed by atoms with Crippen LogP contribution in [0.1, 0.15) is 43.1 Å². The number of hydrogen-bond donors (Lipinski definition) is 2. The number of hydrogen-bond acceptors (Lipinski definition) is 2. The van der Waals surface area contributed by atoms with Gasteiger partial charge in [0.2, 0.25) is 0 Å². The molecule has 0 bridgehead atoms. The molecule has 1 heterocycles. The van der Waals surface area contributed by atoms with Gasteiger partial charge in [0.05, 0.1) is 5.69 Å². The van der Waals surface area contributed by atoms with E-state index in [2.05, 4.69) is 24.0 Å². The molecule has 0 aliphatic heterocycles. The smallest absolute Gasteiger partial charge is 0.303 e. The SMILES string of the molecule is Cc1[nH]nc(C(C)C)c1CCC(=O)O. The number of nitrogens with one attached hydrogen (secondary N) is 1. The number of aliphatic carboxylic acids is 1. The number of aromatic amines is 1. The molecular formula is C10H16N2O2. The topological polar surface area (TPSA) is 66.0 Å². The quantitative estimate of drug-likeness (QED) is 0.772. The second-order valence-corrected chi connectivity index (χ2v) is 3.76. The minimum Gasteiger partial charge on any atom is -0.481 e. The van der Waals surface area contributed by atoms with E-state index in [1.165, 1.54) is 0 Å². The van der Waals surface area contributed by atoms with Gasteiger partial charge in [-0.05, 0) is 24.8 Å². The molecule has 0 saturated heterocycles. The predicted molar refractivity (Wildman–Crippen MR) is 53.4 cm³/mol. The van der Waals surface area contributed by atoms with E-state index in [0.29, 0.717) is 12.3 Å². The first-order valence-electron chi connectivity index (χ1n) is 4.78. The minimum absolute atomic E-state index is 0.167. The van der Waals surface area contributed by atoms with Crippen LogP contribution in [0.15, 0.2) is 0 Å². The number of carbonyl (C=O) groups is 1. The molecule has 2 N–H and O–H groups in total. The highest BCUT2D eigenvalue weighted by Crippen LogP contribution is 2.20. The summed E-state index contributed by atoms with van der Waals surface area (Å²) >= 11 is 0. The Bertz CT molecular complexity index is 329. The average molecular weight is 196 g/mol. The molecule has 0 spiro atoms. The maximum absolute atomic E-state index is 10.5. The number of nitrogens with zero attached hydrogens (tertiary/aromatic N) is 1. The lowest BCUT2D eigenvalue weighted by Crippen LogP contribution is -2.01. The molecule has 0 fully saturated rings. The first-order chi connectivity index (χ1) is 6.52. The first kappa shape index (κ1) is 10.8. The maximum atomic E-state index is 10.5. The third-order valence-electron chi connectivity index (χ3n) is 2.24. The summed E-state index contributed by atoms with van der Waals surface area (Å²) in [7, 11) is 0. The highest BCUT2D eigenvalue weighted by molar-refractivity contribution is 5.67. The van der Waals surface area contributed by atoms with Crippen molar-refractivity contribution in [2.45, 2.75) is 39.5 Å². The van der Waals surface area contributed by atoms with Gasteiger partial charge in [-0.2, -0.15) is 5.10 Å². The Morgan fingerprint density at radius 1 is 1.57 bits per heavy atom. The lowest BCUT2D eigenvalue weighted by molar-refractivity contribution is -0.136. The molecule has 0 atom stereocenters. The van der Waals surface area contributed by atoms with Crippen molar-refractivity contribution >= 4 is 5.97 Å². The van der Waals surface area contributed by atoms with Gasteiger partial charge in [0.15, 0.2) is 0 Å². The van der Waals surface area contributed by atoms with Gasteiger partial charge in [-0.15, -0.1) is 0 Å². The molecule has 0 saturated carbocycles. The summed E-state index contributed by atoms with van der Waals surface area (Å²) in [5.74, 6) is -0.427. The molecule has 78 valence electrons. The van der Waals surface area contributed by atoms with Crippen LogP contribution >= 0.6 is 0 Å². The van der Waals surface area contributed by atoms with Crippen LogP contribution in [-0.2, 0) is 11.2 Å². The van der Waals surface area contributed by atoms with E-state index in [9.17, 15) is 4.79 Å². The zero-order chi connectivity index (χ0) is 10.7. The van der Waals surface area contributed by atoms with E-state index in [-0.39, 0.29) is 6.42 Å². The molecule has 0 amide bonds. The van der Waals surface area contributed by atoms with Crippen LogP contribution in [0.2, 0.25) is 0 Å². The van der Waals surface area contributed by atoms with Crippen molar-refractivity contribution < 1.29 is 9.90 Å². The number of carboxylic acids is 1. The van der Waals surface area contributed by atoms with Crippen LogP contribution in [0, 0.1) is 6.92 Å². The summed E-state index contributed by atoms with van der Waals surface area (Å²) in [5, 5.41) is 15.7. The summed E-state index contributed by atoms with van der Waals surface area (Å²) in [6.07, 6.45) is 0.727. The zero-order valence-corrected chi connectivity index (χ0v) is 8.79. The van der Waals surface area contributed by atoms with Crippen LogP contribution in [0.25, 0.3) is 0 Å². The van der Waals surface area contributed by atoms with E-state index in [4.69, 9.17) is 5.11 Å². The van der Waals surface area contributed by atoms with Crippen LogP contribution in [-0.4, -0.2) is 21.3 Å². The number of H-pyrrole nitrogens is 1. The van der Waals surface area contributed by atoms with Crippen molar-refractivity contribution in [3.05, 3.63) is 17.0 Å². The molecule has 1 aromatic heterocycles. The number of rotatable bonds is 4. The van der Waals surface area contributed by atoms with Gasteiger partial charge in [0, 0.05) is 12.1 Å². The summed E-state index contributed by atoms with van der Waals surface area (Å²) in [6.45, 7) is 6.04. The third-order valence-corrected chi connectivity index (χ3v) is 2.24. The molecule has 0 aliphatic carbocycles. The van der Waals surface area contributed by atoms with Gasteiger partial charge in [-0.1, -0.05) is 13.8 Å². The first-order valence-corrected chi connectivity index (χ1v) is 4.78. The molecule has 0 unspecified atom stereocenters. The summed E-state index contributed by atoms with van der Waals surface area (Å²) < 4.78 is 0. The fraction of sp³-hybridized carbons (Fsp3) is 0.600. The van der Waals surface area contributed by atoms with E-state index in [1.807, 2.05) is 6.92 Å². The van der Waals surface area contributed by atoms with E-state index in [0.717, 1.165) is 17.0 Å². The Kier molecular flexibility index (Phi) is 3.28. The van der Waals surface area contributed by atoms with Gasteiger partial charge in [0.25, 0.3) is 0 Å². The summed E-state index contributed by atoms with van der Waals surface area (Å²) in [4.78, 5) is 10.5. The van der Waals surface area contributed by atoms with Crippen molar-refractivity contribution in [1.29, 1.82) is 0 Å². The zero-order valence-electron chi connectivity index (χ0n) is 8.79. The van der Waals surface area contributed by atoms with E-state index < -0.39 is 5.97 Å². The fourth-order valence-electron chi connectivity index (χ4n) is 1.50. The van der Waals surface area contributed by atoms with E-state index >= 15 is 0 Å². The van der Waals surface area contributed by atoms with Gasteiger partial charge >= 0.3 is 5.97 Å². The van der Waals surface area contributed by atoms with Crippen LogP contribution in [0.5, 0.6) is 0 Å². The van der Waals surface area contributed by atoms with Gasteiger partial charge in [-0.25, -0.2) is 0 Å². The highest BCUT2D eigenvalue weighted by atomic mass is 16.4. The summed E-state index contributed by atoms with van der Waals surface area (Å²) in [6, 6.07) is 0. The number of aryl methyl sites for hydroxylation is 1. The lowest BCUT2D eigenvalue weighted by Gasteiger charge is -2.04. The Morgan fingerprint density at radius 3 is 2.71 bits per heavy atom. The normalized spacial score (nSPS) is 10.9. The highest BCUT2D eigenvalue weighted by Gasteiger charge is 2.13. The molecular weight excluding hydrogens is 180 g/mol. The Balaban J connectivity index is 2.82. The molecule has 4 heteroatoms. The molecule has 1 rings (SSSR count).